The second-order valence-corrected chi connectivity index (χ2v) is 6.97. The van der Waals surface area contributed by atoms with Gasteiger partial charge >= 0.3 is 0 Å². The molecule has 0 bridgehead atoms. The van der Waals surface area contributed by atoms with Gasteiger partial charge in [0.15, 0.2) is 5.82 Å². The number of hydrogen-bond donors (Lipinski definition) is 0. The predicted octanol–water partition coefficient (Wildman–Crippen LogP) is 3.07. The van der Waals surface area contributed by atoms with E-state index in [4.69, 9.17) is 0 Å². The summed E-state index contributed by atoms with van der Waals surface area (Å²) in [5.41, 5.74) is 3.76. The molecule has 3 heterocycles. The van der Waals surface area contributed by atoms with Crippen LogP contribution >= 0.6 is 12.4 Å². The van der Waals surface area contributed by atoms with Crippen LogP contribution in [0.1, 0.15) is 11.1 Å². The van der Waals surface area contributed by atoms with E-state index in [1.165, 1.54) is 11.6 Å². The van der Waals surface area contributed by atoms with E-state index in [0.29, 0.717) is 0 Å². The predicted molar refractivity (Wildman–Crippen MR) is 110 cm³/mol. The molecule has 1 saturated heterocycles. The van der Waals surface area contributed by atoms with E-state index < -0.39 is 0 Å². The normalized spacial score (nSPS) is 14.8. The smallest absolute Gasteiger partial charge is 0.155 e. The molecule has 1 fully saturated rings. The number of rotatable bonds is 4. The van der Waals surface area contributed by atoms with Crippen LogP contribution in [0.4, 0.5) is 10.2 Å². The lowest BCUT2D eigenvalue weighted by molar-refractivity contribution is 0.249. The van der Waals surface area contributed by atoms with E-state index in [2.05, 4.69) is 31.1 Å². The summed E-state index contributed by atoms with van der Waals surface area (Å²) in [4.78, 5) is 13.7. The number of piperazine rings is 1. The molecule has 2 aromatic heterocycles. The third-order valence-corrected chi connectivity index (χ3v) is 4.97. The molecule has 0 spiro atoms. The Hall–Kier alpha value is -2.51. The molecule has 1 aromatic carbocycles. The van der Waals surface area contributed by atoms with Crippen molar-refractivity contribution >= 4 is 18.2 Å². The molecule has 8 heteroatoms. The van der Waals surface area contributed by atoms with Crippen LogP contribution in [0.3, 0.4) is 0 Å². The van der Waals surface area contributed by atoms with Crippen LogP contribution in [-0.4, -0.2) is 50.8 Å². The second kappa shape index (κ2) is 8.67. The molecule has 0 saturated carbocycles. The fraction of sp³-hybridized carbons (Fsp3) is 0.350. The molecule has 0 aliphatic carbocycles. The van der Waals surface area contributed by atoms with E-state index in [-0.39, 0.29) is 18.2 Å². The summed E-state index contributed by atoms with van der Waals surface area (Å²) in [7, 11) is 1.94. The van der Waals surface area contributed by atoms with Gasteiger partial charge in [-0.3, -0.25) is 14.6 Å². The maximum absolute atomic E-state index is 13.8. The number of aromatic nitrogens is 4. The Morgan fingerprint density at radius 1 is 1.07 bits per heavy atom. The first-order chi connectivity index (χ1) is 13.1. The van der Waals surface area contributed by atoms with Crippen LogP contribution in [0.5, 0.6) is 0 Å². The van der Waals surface area contributed by atoms with Crippen LogP contribution in [0.2, 0.25) is 0 Å². The lowest BCUT2D eigenvalue weighted by Crippen LogP contribution is -2.46. The summed E-state index contributed by atoms with van der Waals surface area (Å²) in [5.74, 6) is 0.570. The van der Waals surface area contributed by atoms with E-state index in [9.17, 15) is 4.39 Å². The molecule has 0 radical (unpaired) electrons. The topological polar surface area (TPSA) is 50.1 Å². The average molecular weight is 403 g/mol. The Labute approximate surface area is 170 Å². The van der Waals surface area contributed by atoms with Crippen LogP contribution in [-0.2, 0) is 13.6 Å². The van der Waals surface area contributed by atoms with E-state index >= 15 is 0 Å². The van der Waals surface area contributed by atoms with Crippen molar-refractivity contribution < 1.29 is 4.39 Å². The molecule has 0 atom stereocenters. The minimum absolute atomic E-state index is 0. The Balaban J connectivity index is 0.00000225. The molecular weight excluding hydrogens is 379 g/mol. The Morgan fingerprint density at radius 3 is 2.54 bits per heavy atom. The molecule has 148 valence electrons. The summed E-state index contributed by atoms with van der Waals surface area (Å²) in [6.45, 7) is 6.47. The van der Waals surface area contributed by atoms with Gasteiger partial charge < -0.3 is 4.90 Å². The first-order valence-corrected chi connectivity index (χ1v) is 9.12. The van der Waals surface area contributed by atoms with Crippen molar-refractivity contribution in [2.75, 3.05) is 31.1 Å². The molecule has 3 aromatic rings. The third kappa shape index (κ3) is 4.31. The molecule has 0 N–H and O–H groups in total. The van der Waals surface area contributed by atoms with Gasteiger partial charge in [-0.25, -0.2) is 9.37 Å². The summed E-state index contributed by atoms with van der Waals surface area (Å²) in [5, 5.41) is 4.24. The molecule has 1 aliphatic rings. The van der Waals surface area contributed by atoms with Gasteiger partial charge in [0, 0.05) is 69.5 Å². The first kappa shape index (κ1) is 20.2. The zero-order valence-corrected chi connectivity index (χ0v) is 16.9. The van der Waals surface area contributed by atoms with Crippen LogP contribution in [0.25, 0.3) is 11.3 Å². The molecule has 1 aliphatic heterocycles. The van der Waals surface area contributed by atoms with Crippen molar-refractivity contribution in [1.29, 1.82) is 0 Å². The van der Waals surface area contributed by atoms with Crippen molar-refractivity contribution in [3.63, 3.8) is 0 Å². The molecule has 4 rings (SSSR count). The van der Waals surface area contributed by atoms with Crippen molar-refractivity contribution in [3.05, 3.63) is 59.9 Å². The third-order valence-electron chi connectivity index (χ3n) is 4.97. The van der Waals surface area contributed by atoms with Gasteiger partial charge in [-0.2, -0.15) is 5.10 Å². The lowest BCUT2D eigenvalue weighted by Gasteiger charge is -2.35. The van der Waals surface area contributed by atoms with Crippen molar-refractivity contribution in [1.82, 2.24) is 24.6 Å². The number of anilines is 1. The van der Waals surface area contributed by atoms with Crippen molar-refractivity contribution in [3.8, 4) is 11.3 Å². The highest BCUT2D eigenvalue weighted by atomic mass is 35.5. The minimum atomic E-state index is -0.256. The van der Waals surface area contributed by atoms with Crippen LogP contribution in [0, 0.1) is 12.7 Å². The SMILES string of the molecule is Cc1ccc(F)cc1-c1nccnc1N1CCN(Cc2cnn(C)c2)CC1.Cl. The lowest BCUT2D eigenvalue weighted by atomic mass is 10.0. The highest BCUT2D eigenvalue weighted by molar-refractivity contribution is 5.85. The Kier molecular flexibility index (Phi) is 6.26. The Bertz CT molecular complexity index is 936. The van der Waals surface area contributed by atoms with E-state index in [1.54, 1.807) is 24.5 Å². The minimum Gasteiger partial charge on any atom is -0.352 e. The van der Waals surface area contributed by atoms with E-state index in [0.717, 1.165) is 55.4 Å². The highest BCUT2D eigenvalue weighted by Crippen LogP contribution is 2.30. The van der Waals surface area contributed by atoms with Crippen molar-refractivity contribution in [2.24, 2.45) is 7.05 Å². The zero-order chi connectivity index (χ0) is 18.8. The van der Waals surface area contributed by atoms with Gasteiger partial charge in [0.25, 0.3) is 0 Å². The van der Waals surface area contributed by atoms with Gasteiger partial charge in [0.1, 0.15) is 11.5 Å². The number of aryl methyl sites for hydroxylation is 2. The molecule has 0 amide bonds. The fourth-order valence-corrected chi connectivity index (χ4v) is 3.53. The van der Waals surface area contributed by atoms with E-state index in [1.807, 2.05) is 24.9 Å². The van der Waals surface area contributed by atoms with Gasteiger partial charge in [-0.05, 0) is 24.6 Å². The first-order valence-electron chi connectivity index (χ1n) is 9.12. The van der Waals surface area contributed by atoms with Gasteiger partial charge in [0.05, 0.1) is 6.20 Å². The zero-order valence-electron chi connectivity index (χ0n) is 16.0. The number of nitrogens with zero attached hydrogens (tertiary/aromatic N) is 6. The molecular formula is C20H24ClFN6. The standard InChI is InChI=1S/C20H23FN6.ClH/c1-15-3-4-17(21)11-18(15)19-20(23-6-5-22-19)27-9-7-26(8-10-27)14-16-12-24-25(2)13-16;/h3-6,11-13H,7-10,14H2,1-2H3;1H. The van der Waals surface area contributed by atoms with Crippen LogP contribution < -0.4 is 4.90 Å². The number of benzene rings is 1. The summed E-state index contributed by atoms with van der Waals surface area (Å²) in [6, 6.07) is 4.81. The highest BCUT2D eigenvalue weighted by Gasteiger charge is 2.22. The van der Waals surface area contributed by atoms with Crippen molar-refractivity contribution in [2.45, 2.75) is 13.5 Å². The fourth-order valence-electron chi connectivity index (χ4n) is 3.53. The number of halogens is 2. The summed E-state index contributed by atoms with van der Waals surface area (Å²) >= 11 is 0. The maximum Gasteiger partial charge on any atom is 0.155 e. The van der Waals surface area contributed by atoms with Crippen LogP contribution in [0.15, 0.2) is 43.0 Å². The largest absolute Gasteiger partial charge is 0.352 e. The average Bonchev–Trinajstić information content (AvgIpc) is 3.09. The second-order valence-electron chi connectivity index (χ2n) is 6.97. The molecule has 28 heavy (non-hydrogen) atoms. The summed E-state index contributed by atoms with van der Waals surface area (Å²) in [6.07, 6.45) is 7.34. The number of hydrogen-bond acceptors (Lipinski definition) is 5. The summed E-state index contributed by atoms with van der Waals surface area (Å²) < 4.78 is 15.6. The quantitative estimate of drug-likeness (QED) is 0.671. The Morgan fingerprint density at radius 2 is 1.82 bits per heavy atom. The van der Waals surface area contributed by atoms with Gasteiger partial charge in [-0.15, -0.1) is 12.4 Å². The molecule has 6 nitrogen and oxygen atoms in total. The maximum atomic E-state index is 13.8. The monoisotopic (exact) mass is 402 g/mol. The van der Waals surface area contributed by atoms with Gasteiger partial charge in [0.2, 0.25) is 0 Å². The van der Waals surface area contributed by atoms with Gasteiger partial charge in [-0.1, -0.05) is 6.07 Å². The molecule has 0 unspecified atom stereocenters.